The van der Waals surface area contributed by atoms with Crippen LogP contribution in [0.15, 0.2) is 0 Å². The van der Waals surface area contributed by atoms with Crippen molar-refractivity contribution in [2.45, 2.75) is 0 Å². The Labute approximate surface area is 80.7 Å². The van der Waals surface area contributed by atoms with Crippen LogP contribution < -0.4 is 29.6 Å². The Morgan fingerprint density at radius 2 is 1.38 bits per heavy atom. The maximum absolute atomic E-state index is 8.67. The van der Waals surface area contributed by atoms with Gasteiger partial charge in [-0.3, -0.25) is 9.11 Å². The first-order chi connectivity index (χ1) is 3.15. The monoisotopic (exact) mass is 186 g/mol. The maximum atomic E-state index is 8.67. The molecule has 8 heavy (non-hydrogen) atoms. The second-order valence-corrected chi connectivity index (χ2v) is 1.04. The quantitative estimate of drug-likeness (QED) is 0.303. The Kier molecular flexibility index (Phi) is 31.9. The molecule has 0 heterocycles. The fraction of sp³-hybridized carbons (Fsp3) is 0. The molecule has 0 spiro atoms. The molecule has 0 saturated heterocycles. The molecule has 0 aliphatic heterocycles. The van der Waals surface area contributed by atoms with Crippen LogP contribution in [0.2, 0.25) is 0 Å². The molecular weight excluding hydrogens is 183 g/mol. The minimum absolute atomic E-state index is 0. The molecule has 0 atom stereocenters. The van der Waals surface area contributed by atoms with E-state index in [1.54, 1.807) is 0 Å². The fourth-order valence-corrected chi connectivity index (χ4v) is 0. The first-order valence-corrected chi connectivity index (χ1v) is 3.28. The third-order valence-corrected chi connectivity index (χ3v) is 0. The van der Waals surface area contributed by atoms with Gasteiger partial charge in [-0.2, -0.15) is 4.21 Å². The molecule has 0 radical (unpaired) electrons. The normalized spacial score (nSPS) is 5.38. The van der Waals surface area contributed by atoms with Gasteiger partial charge >= 0.3 is 55.3 Å². The summed E-state index contributed by atoms with van der Waals surface area (Å²) in [6, 6.07) is 0. The van der Waals surface area contributed by atoms with E-state index in [9.17, 15) is 0 Å². The molecule has 0 aliphatic rings. The van der Waals surface area contributed by atoms with E-state index in [1.807, 2.05) is 0 Å². The van der Waals surface area contributed by atoms with Gasteiger partial charge in [0.2, 0.25) is 0 Å². The first-order valence-electron chi connectivity index (χ1n) is 0.940. The zero-order valence-electron chi connectivity index (χ0n) is 5.03. The van der Waals surface area contributed by atoms with Gasteiger partial charge in [-0.15, -0.1) is 0 Å². The molecule has 0 saturated carbocycles. The summed E-state index contributed by atoms with van der Waals surface area (Å²) in [4.78, 5) is 0. The van der Waals surface area contributed by atoms with Crippen molar-refractivity contribution in [1.29, 1.82) is 0 Å². The Balaban J connectivity index is -0.0000000233. The molecule has 0 amide bonds. The summed E-state index contributed by atoms with van der Waals surface area (Å²) >= 11 is -4.61. The van der Waals surface area contributed by atoms with Crippen LogP contribution in [0.3, 0.4) is 0 Å². The average molecular weight is 186 g/mol. The topological polar surface area (TPSA) is 91.7 Å². The van der Waals surface area contributed by atoms with Gasteiger partial charge in [-0.05, 0) is 0 Å². The van der Waals surface area contributed by atoms with Gasteiger partial charge in [-0.1, -0.05) is 0 Å². The summed E-state index contributed by atoms with van der Waals surface area (Å²) in [5, 5.41) is 0. The van der Waals surface area contributed by atoms with E-state index < -0.39 is 30.5 Å². The van der Waals surface area contributed by atoms with Crippen molar-refractivity contribution in [1.82, 2.24) is 0 Å². The van der Waals surface area contributed by atoms with Gasteiger partial charge in [0.05, 0.1) is 0 Å². The molecular formula is H3NaO5STi. The van der Waals surface area contributed by atoms with E-state index in [2.05, 4.69) is 0 Å². The van der Waals surface area contributed by atoms with E-state index in [-0.39, 0.29) is 31.0 Å². The van der Waals surface area contributed by atoms with Crippen LogP contribution in [0.25, 0.3) is 0 Å². The van der Waals surface area contributed by atoms with Crippen LogP contribution in [0.1, 0.15) is 1.43 Å². The molecule has 5 nitrogen and oxygen atoms in total. The van der Waals surface area contributed by atoms with Crippen molar-refractivity contribution in [3.63, 3.8) is 0 Å². The summed E-state index contributed by atoms with van der Waals surface area (Å²) in [7, 11) is 0. The molecule has 0 aromatic rings. The third-order valence-electron chi connectivity index (χ3n) is 0. The summed E-state index contributed by atoms with van der Waals surface area (Å²) in [6.07, 6.45) is 0. The van der Waals surface area contributed by atoms with Crippen LogP contribution in [0.4, 0.5) is 0 Å². The van der Waals surface area contributed by atoms with Gasteiger partial charge < -0.3 is 1.43 Å². The van der Waals surface area contributed by atoms with Gasteiger partial charge in [-0.25, -0.2) is 0 Å². The predicted octanol–water partition coefficient (Wildman–Crippen LogP) is -3.44. The van der Waals surface area contributed by atoms with Crippen LogP contribution >= 0.6 is 0 Å². The van der Waals surface area contributed by atoms with Crippen molar-refractivity contribution in [3.05, 3.63) is 0 Å². The number of hydrogen-bond donors (Lipinski definition) is 2. The summed E-state index contributed by atoms with van der Waals surface area (Å²) in [6.45, 7) is 0. The van der Waals surface area contributed by atoms with Crippen molar-refractivity contribution in [3.8, 4) is 0 Å². The van der Waals surface area contributed by atoms with E-state index in [0.29, 0.717) is 0 Å². The zero-order chi connectivity index (χ0) is 6.28. The van der Waals surface area contributed by atoms with Crippen LogP contribution in [0.5, 0.6) is 0 Å². The third kappa shape index (κ3) is 157. The summed E-state index contributed by atoms with van der Waals surface area (Å²) in [5.74, 6) is 0. The van der Waals surface area contributed by atoms with Gasteiger partial charge in [0.1, 0.15) is 0 Å². The summed E-state index contributed by atoms with van der Waals surface area (Å²) in [5.41, 5.74) is 0. The molecule has 8 heteroatoms. The standard InChI is InChI=1S/Na.H2O3S.2O.Ti.H/c;1-4(2)3;;;;/h;(H2,1,2,3);;;;/q+1;;;;;-1. The fourth-order valence-electron chi connectivity index (χ4n) is 0. The Morgan fingerprint density at radius 3 is 1.38 bits per heavy atom. The molecule has 0 aliphatic carbocycles. The van der Waals surface area contributed by atoms with Crippen LogP contribution in [-0.4, -0.2) is 13.3 Å². The average Bonchev–Trinajstić information content (AvgIpc) is 1.33. The van der Waals surface area contributed by atoms with Crippen LogP contribution in [0, 0.1) is 0 Å². The van der Waals surface area contributed by atoms with Crippen molar-refractivity contribution >= 4 is 11.4 Å². The van der Waals surface area contributed by atoms with E-state index >= 15 is 0 Å². The molecule has 0 rings (SSSR count). The predicted molar refractivity (Wildman–Crippen MR) is 15.9 cm³/mol. The molecule has 0 aromatic heterocycles. The molecule has 0 aromatic carbocycles. The minimum atomic E-state index is -2.61. The van der Waals surface area contributed by atoms with Gasteiger partial charge in [0.15, 0.2) is 0 Å². The van der Waals surface area contributed by atoms with E-state index in [1.165, 1.54) is 0 Å². The Morgan fingerprint density at radius 1 is 1.38 bits per heavy atom. The van der Waals surface area contributed by atoms with Crippen molar-refractivity contribution in [2.75, 3.05) is 0 Å². The van der Waals surface area contributed by atoms with E-state index in [0.717, 1.165) is 0 Å². The summed E-state index contributed by atoms with van der Waals surface area (Å²) < 4.78 is 39.8. The molecule has 0 unspecified atom stereocenters. The molecule has 0 fully saturated rings. The number of hydrogen-bond acceptors (Lipinski definition) is 3. The van der Waals surface area contributed by atoms with Gasteiger partial charge in [0, 0.05) is 0 Å². The molecule has 44 valence electrons. The Hall–Kier alpha value is 1.38. The molecule has 2 N–H and O–H groups in total. The second-order valence-electron chi connectivity index (χ2n) is 0.314. The van der Waals surface area contributed by atoms with Crippen molar-refractivity contribution < 1.29 is 70.0 Å². The SMILES string of the molecule is O=S(O)O.[H-].[Na+].[O]=[Ti]=[O]. The second kappa shape index (κ2) is 15.8. The van der Waals surface area contributed by atoms with Gasteiger partial charge in [0.25, 0.3) is 11.4 Å². The first kappa shape index (κ1) is 16.2. The molecule has 0 bridgehead atoms. The van der Waals surface area contributed by atoms with Crippen LogP contribution in [-0.2, 0) is 37.1 Å². The Bertz CT molecular complexity index is 85.0. The zero-order valence-corrected chi connectivity index (χ0v) is 8.41. The van der Waals surface area contributed by atoms with Crippen molar-refractivity contribution in [2.24, 2.45) is 0 Å². The number of rotatable bonds is 0. The van der Waals surface area contributed by atoms with E-state index in [4.69, 9.17) is 20.0 Å².